The van der Waals surface area contributed by atoms with Gasteiger partial charge in [-0.1, -0.05) is 30.3 Å². The van der Waals surface area contributed by atoms with Crippen molar-refractivity contribution in [2.45, 2.75) is 19.9 Å². The zero-order valence-corrected chi connectivity index (χ0v) is 12.6. The number of anilines is 1. The highest BCUT2D eigenvalue weighted by Crippen LogP contribution is 2.19. The van der Waals surface area contributed by atoms with Crippen LogP contribution in [-0.4, -0.2) is 5.11 Å². The van der Waals surface area contributed by atoms with Crippen LogP contribution in [0.15, 0.2) is 42.5 Å². The van der Waals surface area contributed by atoms with Crippen molar-refractivity contribution in [2.24, 2.45) is 0 Å². The summed E-state index contributed by atoms with van der Waals surface area (Å²) in [7, 11) is 0. The molecule has 2 aromatic rings. The molecule has 21 heavy (non-hydrogen) atoms. The molecule has 0 aliphatic carbocycles. The number of benzene rings is 2. The van der Waals surface area contributed by atoms with Crippen molar-refractivity contribution in [3.8, 4) is 0 Å². The van der Waals surface area contributed by atoms with Crippen molar-refractivity contribution >= 4 is 23.0 Å². The average molecular weight is 306 g/mol. The molecule has 0 bridgehead atoms. The van der Waals surface area contributed by atoms with Gasteiger partial charge in [-0.2, -0.15) is 0 Å². The van der Waals surface area contributed by atoms with Crippen LogP contribution in [0, 0.1) is 18.6 Å². The van der Waals surface area contributed by atoms with Crippen LogP contribution in [-0.2, 0) is 0 Å². The van der Waals surface area contributed by atoms with Crippen LogP contribution in [0.3, 0.4) is 0 Å². The first-order valence-corrected chi connectivity index (χ1v) is 6.97. The second kappa shape index (κ2) is 6.63. The summed E-state index contributed by atoms with van der Waals surface area (Å²) in [5, 5.41) is 5.77. The topological polar surface area (TPSA) is 24.1 Å². The lowest BCUT2D eigenvalue weighted by Gasteiger charge is -2.19. The van der Waals surface area contributed by atoms with Gasteiger partial charge >= 0.3 is 0 Å². The number of thiocarbonyl (C=S) groups is 1. The Kier molecular flexibility index (Phi) is 4.85. The molecule has 110 valence electrons. The molecule has 0 aromatic heterocycles. The number of aryl methyl sites for hydroxylation is 1. The third-order valence-corrected chi connectivity index (χ3v) is 3.42. The van der Waals surface area contributed by atoms with E-state index in [0.717, 1.165) is 11.1 Å². The molecule has 2 rings (SSSR count). The minimum absolute atomic E-state index is 0.0685. The average Bonchev–Trinajstić information content (AvgIpc) is 2.43. The first kappa shape index (κ1) is 15.4. The normalized spacial score (nSPS) is 11.8. The molecule has 0 aliphatic rings. The van der Waals surface area contributed by atoms with E-state index in [1.807, 2.05) is 38.1 Å². The van der Waals surface area contributed by atoms with Crippen molar-refractivity contribution < 1.29 is 8.78 Å². The predicted octanol–water partition coefficient (Wildman–Crippen LogP) is 4.32. The molecule has 2 N–H and O–H groups in total. The maximum Gasteiger partial charge on any atom is 0.171 e. The van der Waals surface area contributed by atoms with E-state index in [-0.39, 0.29) is 16.8 Å². The Bertz CT molecular complexity index is 638. The molecule has 2 nitrogen and oxygen atoms in total. The van der Waals surface area contributed by atoms with E-state index in [2.05, 4.69) is 10.6 Å². The lowest BCUT2D eigenvalue weighted by Crippen LogP contribution is -2.31. The Labute approximate surface area is 128 Å². The van der Waals surface area contributed by atoms with E-state index in [1.165, 1.54) is 18.2 Å². The highest BCUT2D eigenvalue weighted by Gasteiger charge is 2.13. The van der Waals surface area contributed by atoms with Gasteiger partial charge in [-0.3, -0.25) is 0 Å². The van der Waals surface area contributed by atoms with Gasteiger partial charge in [0.15, 0.2) is 5.11 Å². The van der Waals surface area contributed by atoms with Crippen LogP contribution in [0.2, 0.25) is 0 Å². The summed E-state index contributed by atoms with van der Waals surface area (Å²) in [5.74, 6) is -1.36. The molecular formula is C16H16F2N2S. The standard InChI is InChI=1S/C16H16F2N2S/c1-10-6-3-4-7-12(10)11(2)19-16(21)20-15-13(17)8-5-9-14(15)18/h3-9,11H,1-2H3,(H2,19,20,21)/t11-/m1/s1. The molecular weight excluding hydrogens is 290 g/mol. The number of hydrogen-bond acceptors (Lipinski definition) is 1. The number of hydrogen-bond donors (Lipinski definition) is 2. The summed E-state index contributed by atoms with van der Waals surface area (Å²) >= 11 is 5.12. The van der Waals surface area contributed by atoms with Crippen molar-refractivity contribution in [3.63, 3.8) is 0 Å². The Morgan fingerprint density at radius 2 is 1.67 bits per heavy atom. The first-order valence-electron chi connectivity index (χ1n) is 6.56. The monoisotopic (exact) mass is 306 g/mol. The van der Waals surface area contributed by atoms with E-state index in [9.17, 15) is 8.78 Å². The summed E-state index contributed by atoms with van der Waals surface area (Å²) in [6.07, 6.45) is 0. The van der Waals surface area contributed by atoms with Gasteiger partial charge in [-0.15, -0.1) is 0 Å². The van der Waals surface area contributed by atoms with Gasteiger partial charge in [-0.25, -0.2) is 8.78 Å². The molecule has 5 heteroatoms. The van der Waals surface area contributed by atoms with Gasteiger partial charge < -0.3 is 10.6 Å². The van der Waals surface area contributed by atoms with Gasteiger partial charge in [0.1, 0.15) is 17.3 Å². The van der Waals surface area contributed by atoms with Crippen LogP contribution in [0.1, 0.15) is 24.1 Å². The SMILES string of the molecule is Cc1ccccc1[C@@H](C)NC(=S)Nc1c(F)cccc1F. The van der Waals surface area contributed by atoms with Crippen LogP contribution < -0.4 is 10.6 Å². The Morgan fingerprint density at radius 1 is 1.05 bits per heavy atom. The maximum absolute atomic E-state index is 13.5. The number of halogens is 2. The van der Waals surface area contributed by atoms with E-state index in [0.29, 0.717) is 0 Å². The first-order chi connectivity index (χ1) is 9.99. The Morgan fingerprint density at radius 3 is 2.29 bits per heavy atom. The fourth-order valence-corrected chi connectivity index (χ4v) is 2.39. The van der Waals surface area contributed by atoms with Crippen LogP contribution in [0.5, 0.6) is 0 Å². The predicted molar refractivity (Wildman–Crippen MR) is 85.3 cm³/mol. The van der Waals surface area contributed by atoms with Gasteiger partial charge in [0.25, 0.3) is 0 Å². The zero-order chi connectivity index (χ0) is 15.4. The summed E-state index contributed by atoms with van der Waals surface area (Å²) in [6.45, 7) is 3.94. The van der Waals surface area contributed by atoms with Crippen LogP contribution >= 0.6 is 12.2 Å². The summed E-state index contributed by atoms with van der Waals surface area (Å²) in [5.41, 5.74) is 1.96. The summed E-state index contributed by atoms with van der Waals surface area (Å²) < 4.78 is 27.1. The molecule has 0 fully saturated rings. The minimum Gasteiger partial charge on any atom is -0.356 e. The third-order valence-electron chi connectivity index (χ3n) is 3.20. The molecule has 2 aromatic carbocycles. The zero-order valence-electron chi connectivity index (χ0n) is 11.8. The molecule has 0 saturated carbocycles. The summed E-state index contributed by atoms with van der Waals surface area (Å²) in [4.78, 5) is 0. The Balaban J connectivity index is 2.07. The quantitative estimate of drug-likeness (QED) is 0.826. The minimum atomic E-state index is -0.678. The molecule has 0 unspecified atom stereocenters. The highest BCUT2D eigenvalue weighted by atomic mass is 32.1. The lowest BCUT2D eigenvalue weighted by atomic mass is 10.0. The van der Waals surface area contributed by atoms with Gasteiger partial charge in [-0.05, 0) is 49.3 Å². The van der Waals surface area contributed by atoms with Crippen molar-refractivity contribution in [3.05, 3.63) is 65.2 Å². The lowest BCUT2D eigenvalue weighted by molar-refractivity contribution is 0.590. The summed E-state index contributed by atoms with van der Waals surface area (Å²) in [6, 6.07) is 11.5. The largest absolute Gasteiger partial charge is 0.356 e. The number of para-hydroxylation sites is 1. The fourth-order valence-electron chi connectivity index (χ4n) is 2.11. The molecule has 0 amide bonds. The van der Waals surface area contributed by atoms with Gasteiger partial charge in [0.05, 0.1) is 6.04 Å². The van der Waals surface area contributed by atoms with Crippen molar-refractivity contribution in [1.82, 2.24) is 5.32 Å². The Hall–Kier alpha value is -2.01. The molecule has 0 saturated heterocycles. The van der Waals surface area contributed by atoms with E-state index >= 15 is 0 Å². The molecule has 0 radical (unpaired) electrons. The maximum atomic E-state index is 13.5. The van der Waals surface area contributed by atoms with Gasteiger partial charge in [0, 0.05) is 0 Å². The third kappa shape index (κ3) is 3.76. The van der Waals surface area contributed by atoms with E-state index in [1.54, 1.807) is 0 Å². The fraction of sp³-hybridized carbons (Fsp3) is 0.188. The van der Waals surface area contributed by atoms with Crippen LogP contribution in [0.25, 0.3) is 0 Å². The van der Waals surface area contributed by atoms with E-state index < -0.39 is 11.6 Å². The van der Waals surface area contributed by atoms with Crippen molar-refractivity contribution in [1.29, 1.82) is 0 Å². The molecule has 1 atom stereocenters. The smallest absolute Gasteiger partial charge is 0.171 e. The van der Waals surface area contributed by atoms with Crippen molar-refractivity contribution in [2.75, 3.05) is 5.32 Å². The number of nitrogens with one attached hydrogen (secondary N) is 2. The van der Waals surface area contributed by atoms with E-state index in [4.69, 9.17) is 12.2 Å². The number of rotatable bonds is 3. The van der Waals surface area contributed by atoms with Gasteiger partial charge in [0.2, 0.25) is 0 Å². The second-order valence-electron chi connectivity index (χ2n) is 4.77. The van der Waals surface area contributed by atoms with Crippen LogP contribution in [0.4, 0.5) is 14.5 Å². The highest BCUT2D eigenvalue weighted by molar-refractivity contribution is 7.80. The molecule has 0 aliphatic heterocycles. The molecule has 0 heterocycles. The second-order valence-corrected chi connectivity index (χ2v) is 5.18. The molecule has 0 spiro atoms.